The second-order valence-electron chi connectivity index (χ2n) is 10.4. The summed E-state index contributed by atoms with van der Waals surface area (Å²) in [7, 11) is 0. The van der Waals surface area contributed by atoms with Gasteiger partial charge in [-0.15, -0.1) is 24.3 Å². The SMILES string of the molecule is C1=N[N+](C([N+]2=CCC=N2)([N+]2=CCC=N2)[N+]2=CCC=N2)=CC1.Fc1c[c-]c(-c2ccccn2)c(F)c1.Fc1c[c-]c(-c2ccccn2)c(F)c1.[Ir]. The smallest absolute Gasteiger partial charge is 0.305 e. The monoisotopic (exact) mass is 857 g/mol. The van der Waals surface area contributed by atoms with Crippen LogP contribution in [-0.2, 0) is 20.1 Å². The second-order valence-corrected chi connectivity index (χ2v) is 10.4. The number of hydrogen-bond donors (Lipinski definition) is 0. The van der Waals surface area contributed by atoms with E-state index in [1.807, 2.05) is 68.5 Å². The summed E-state index contributed by atoms with van der Waals surface area (Å²) in [5, 5.41) is 18.0. The van der Waals surface area contributed by atoms with Gasteiger partial charge in [-0.05, 0) is 23.5 Å². The molecule has 15 heteroatoms. The molecule has 2 aromatic carbocycles. The van der Waals surface area contributed by atoms with Gasteiger partial charge in [0.2, 0.25) is 24.9 Å². The van der Waals surface area contributed by atoms with E-state index in [0.717, 1.165) is 49.9 Å². The molecule has 50 heavy (non-hydrogen) atoms. The van der Waals surface area contributed by atoms with Crippen molar-refractivity contribution >= 4 is 49.7 Å². The molecule has 253 valence electrons. The molecule has 0 unspecified atom stereocenters. The Morgan fingerprint density at radius 3 is 1.16 bits per heavy atom. The van der Waals surface area contributed by atoms with Gasteiger partial charge in [-0.1, -0.05) is 47.5 Å². The van der Waals surface area contributed by atoms with Crippen molar-refractivity contribution in [1.29, 1.82) is 0 Å². The van der Waals surface area contributed by atoms with Crippen molar-refractivity contribution in [2.45, 2.75) is 31.6 Å². The van der Waals surface area contributed by atoms with Gasteiger partial charge in [0.15, 0.2) is 0 Å². The molecule has 2 aromatic heterocycles. The van der Waals surface area contributed by atoms with E-state index in [1.165, 1.54) is 0 Å². The quantitative estimate of drug-likeness (QED) is 0.153. The summed E-state index contributed by atoms with van der Waals surface area (Å²) in [6.45, 7) is 0. The summed E-state index contributed by atoms with van der Waals surface area (Å²) in [6.07, 6.45) is 21.8. The largest absolute Gasteiger partial charge is 0.857 e. The van der Waals surface area contributed by atoms with Crippen molar-refractivity contribution in [3.8, 4) is 22.5 Å². The molecule has 0 fully saturated rings. The normalized spacial score (nSPS) is 15.3. The number of hydrazone groups is 4. The number of pyridine rings is 2. The molecule has 8 rings (SSSR count). The first kappa shape index (κ1) is 35.8. The van der Waals surface area contributed by atoms with Crippen molar-refractivity contribution in [3.63, 3.8) is 0 Å². The maximum Gasteiger partial charge on any atom is 0.857 e. The molecule has 0 aliphatic carbocycles. The molecule has 0 spiro atoms. The third kappa shape index (κ3) is 7.85. The van der Waals surface area contributed by atoms with Gasteiger partial charge in [0.25, 0.3) is 0 Å². The predicted molar refractivity (Wildman–Crippen MR) is 177 cm³/mol. The third-order valence-electron chi connectivity index (χ3n) is 7.15. The van der Waals surface area contributed by atoms with Crippen LogP contribution in [0, 0.1) is 35.4 Å². The maximum absolute atomic E-state index is 13.2. The first-order valence-corrected chi connectivity index (χ1v) is 15.1. The van der Waals surface area contributed by atoms with Crippen LogP contribution in [-0.4, -0.2) is 84.3 Å². The topological polar surface area (TPSA) is 87.3 Å². The molecular weight excluding hydrogens is 829 g/mol. The Morgan fingerprint density at radius 2 is 0.900 bits per heavy atom. The van der Waals surface area contributed by atoms with Crippen LogP contribution >= 0.6 is 0 Å². The van der Waals surface area contributed by atoms with Crippen molar-refractivity contribution < 1.29 is 56.4 Å². The zero-order valence-electron chi connectivity index (χ0n) is 26.2. The van der Waals surface area contributed by atoms with E-state index in [9.17, 15) is 17.6 Å². The summed E-state index contributed by atoms with van der Waals surface area (Å²) >= 11 is 0. The van der Waals surface area contributed by atoms with E-state index >= 15 is 0 Å². The first-order chi connectivity index (χ1) is 24.0. The van der Waals surface area contributed by atoms with Crippen molar-refractivity contribution in [2.24, 2.45) is 20.4 Å². The number of benzene rings is 2. The zero-order chi connectivity index (χ0) is 34.1. The molecule has 6 heterocycles. The molecule has 4 aromatic rings. The van der Waals surface area contributed by atoms with Gasteiger partial charge in [0.05, 0.1) is 50.5 Å². The minimum Gasteiger partial charge on any atom is -0.305 e. The van der Waals surface area contributed by atoms with E-state index < -0.39 is 29.2 Å². The summed E-state index contributed by atoms with van der Waals surface area (Å²) in [4.78, 5) is 7.89. The molecule has 1 radical (unpaired) electrons. The average Bonchev–Trinajstić information content (AvgIpc) is 3.97. The fraction of sp³-hybridized carbons (Fsp3) is 0.143. The van der Waals surface area contributed by atoms with Crippen LogP contribution in [0.25, 0.3) is 22.5 Å². The van der Waals surface area contributed by atoms with Crippen molar-refractivity contribution in [3.05, 3.63) is 108 Å². The third-order valence-corrected chi connectivity index (χ3v) is 7.15. The summed E-state index contributed by atoms with van der Waals surface area (Å²) in [5.41, 5.74) is 1.27. The fourth-order valence-electron chi connectivity index (χ4n) is 5.05. The number of aromatic nitrogens is 2. The van der Waals surface area contributed by atoms with Crippen LogP contribution in [0.5, 0.6) is 0 Å². The summed E-state index contributed by atoms with van der Waals surface area (Å²) < 4.78 is 59.1. The first-order valence-electron chi connectivity index (χ1n) is 15.1. The number of halogens is 4. The van der Waals surface area contributed by atoms with Gasteiger partial charge < -0.3 is 9.97 Å². The minimum absolute atomic E-state index is 0. The van der Waals surface area contributed by atoms with Gasteiger partial charge in [-0.25, -0.2) is 0 Å². The van der Waals surface area contributed by atoms with Crippen LogP contribution in [0.3, 0.4) is 0 Å². The number of hydrogen-bond acceptors (Lipinski definition) is 6. The second kappa shape index (κ2) is 16.7. The van der Waals surface area contributed by atoms with Crippen LogP contribution in [0.4, 0.5) is 17.6 Å². The molecule has 4 aliphatic heterocycles. The molecule has 4 aliphatic rings. The Kier molecular flexibility index (Phi) is 12.0. The number of rotatable bonds is 6. The molecule has 10 nitrogen and oxygen atoms in total. The number of nitrogens with zero attached hydrogens (tertiary/aromatic N) is 10. The Labute approximate surface area is 298 Å². The van der Waals surface area contributed by atoms with Crippen molar-refractivity contribution in [2.75, 3.05) is 0 Å². The van der Waals surface area contributed by atoms with Crippen LogP contribution in [0.1, 0.15) is 25.7 Å². The zero-order valence-corrected chi connectivity index (χ0v) is 28.6. The van der Waals surface area contributed by atoms with Gasteiger partial charge >= 0.3 is 5.91 Å². The van der Waals surface area contributed by atoms with E-state index in [4.69, 9.17) is 0 Å². The Hall–Kier alpha value is -5.53. The van der Waals surface area contributed by atoms with Gasteiger partial charge in [0.1, 0.15) is 18.7 Å². The molecule has 0 saturated carbocycles. The standard InChI is InChI=1S/C13H16N8.2C11H6F2N.Ir/c1-5-14-18(9-1)13(19-10-2-6-15-19,20-11-3-7-16-20)21-12-4-8-17-21;2*12-8-4-5-9(10(13)7-8)11-3-1-2-6-14-11;/h5-12H,1-4H2;2*1-4,6-7H;/q+4;2*-1;. The summed E-state index contributed by atoms with van der Waals surface area (Å²) in [6, 6.07) is 19.1. The molecule has 0 bridgehead atoms. The minimum atomic E-state index is -0.861. The Balaban J connectivity index is 0.000000149. The Bertz CT molecular complexity index is 1870. The molecule has 0 N–H and O–H groups in total. The average molecular weight is 857 g/mol. The van der Waals surface area contributed by atoms with Crippen LogP contribution < -0.4 is 0 Å². The summed E-state index contributed by atoms with van der Waals surface area (Å²) in [5.74, 6) is -3.43. The van der Waals surface area contributed by atoms with Crippen molar-refractivity contribution in [1.82, 2.24) is 9.97 Å². The molecule has 0 saturated heterocycles. The Morgan fingerprint density at radius 1 is 0.540 bits per heavy atom. The molecule has 0 atom stereocenters. The van der Waals surface area contributed by atoms with Gasteiger partial charge in [-0.2, -0.15) is 0 Å². The van der Waals surface area contributed by atoms with E-state index in [-0.39, 0.29) is 31.2 Å². The van der Waals surface area contributed by atoms with E-state index in [1.54, 1.807) is 48.8 Å². The van der Waals surface area contributed by atoms with E-state index in [2.05, 4.69) is 42.5 Å². The van der Waals surface area contributed by atoms with Gasteiger partial charge in [0, 0.05) is 76.2 Å². The molecular formula is C35H28F4IrN10+2. The molecule has 0 amide bonds. The van der Waals surface area contributed by atoms with E-state index in [0.29, 0.717) is 11.4 Å². The fourth-order valence-corrected chi connectivity index (χ4v) is 5.05. The van der Waals surface area contributed by atoms with Crippen LogP contribution in [0.15, 0.2) is 93.5 Å². The van der Waals surface area contributed by atoms with Crippen LogP contribution in [0.2, 0.25) is 0 Å². The van der Waals surface area contributed by atoms with Gasteiger partial charge in [-0.3, -0.25) is 17.6 Å². The maximum atomic E-state index is 13.2. The predicted octanol–water partition coefficient (Wildman–Crippen LogP) is 5.14.